The molecule has 2 heterocycles. The van der Waals surface area contributed by atoms with E-state index in [4.69, 9.17) is 4.74 Å². The second kappa shape index (κ2) is 5.16. The summed E-state index contributed by atoms with van der Waals surface area (Å²) < 4.78 is 5.77. The first kappa shape index (κ1) is 13.2. The van der Waals surface area contributed by atoms with Gasteiger partial charge in [0.2, 0.25) is 0 Å². The summed E-state index contributed by atoms with van der Waals surface area (Å²) in [5.74, 6) is 0.827. The smallest absolute Gasteiger partial charge is 0.258 e. The van der Waals surface area contributed by atoms with Crippen molar-refractivity contribution in [2.45, 2.75) is 13.0 Å². The van der Waals surface area contributed by atoms with Gasteiger partial charge in [-0.2, -0.15) is 0 Å². The highest BCUT2D eigenvalue weighted by Crippen LogP contribution is 2.26. The van der Waals surface area contributed by atoms with Gasteiger partial charge in [0.05, 0.1) is 11.6 Å². The van der Waals surface area contributed by atoms with Gasteiger partial charge < -0.3 is 15.0 Å². The third-order valence-electron chi connectivity index (χ3n) is 3.41. The Balaban J connectivity index is 0.00000120. The van der Waals surface area contributed by atoms with E-state index in [9.17, 15) is 4.79 Å². The van der Waals surface area contributed by atoms with Crippen LogP contribution in [0.2, 0.25) is 0 Å². The zero-order valence-corrected chi connectivity index (χ0v) is 11.1. The van der Waals surface area contributed by atoms with Gasteiger partial charge in [-0.1, -0.05) is 6.07 Å². The Kier molecular flexibility index (Phi) is 3.78. The lowest BCUT2D eigenvalue weighted by atomic mass is 10.1. The van der Waals surface area contributed by atoms with Crippen molar-refractivity contribution in [3.8, 4) is 5.75 Å². The quantitative estimate of drug-likeness (QED) is 0.769. The highest BCUT2D eigenvalue weighted by molar-refractivity contribution is 5.97. The molecule has 98 valence electrons. The molecular formula is C13H17ClN2O2. The summed E-state index contributed by atoms with van der Waals surface area (Å²) in [6.07, 6.45) is 0. The third kappa shape index (κ3) is 2.18. The monoisotopic (exact) mass is 268 g/mol. The maximum atomic E-state index is 12.4. The molecule has 1 unspecified atom stereocenters. The van der Waals surface area contributed by atoms with Crippen LogP contribution in [0.25, 0.3) is 0 Å². The number of carbonyl (C=O) groups excluding carboxylic acids is 1. The van der Waals surface area contributed by atoms with Crippen LogP contribution in [0.1, 0.15) is 15.9 Å². The van der Waals surface area contributed by atoms with Gasteiger partial charge in [0, 0.05) is 19.6 Å². The number of carbonyl (C=O) groups is 1. The molecule has 2 aliphatic rings. The standard InChI is InChI=1S/C13H16N2O2.ClH/c1-9-2-3-11-12(6-9)17-8-10-7-14-4-5-15(10)13(11)16;/h2-3,6,10,14H,4-5,7-8H2,1H3;1H. The Hall–Kier alpha value is -1.26. The van der Waals surface area contributed by atoms with Crippen molar-refractivity contribution < 1.29 is 9.53 Å². The van der Waals surface area contributed by atoms with Crippen molar-refractivity contribution in [2.75, 3.05) is 26.2 Å². The SMILES string of the molecule is Cc1ccc2c(c1)OCC1CNCCN1C2=O.Cl. The molecule has 0 spiro atoms. The molecule has 0 aromatic heterocycles. The van der Waals surface area contributed by atoms with Crippen molar-refractivity contribution >= 4 is 18.3 Å². The summed E-state index contributed by atoms with van der Waals surface area (Å²) in [7, 11) is 0. The molecule has 1 atom stereocenters. The van der Waals surface area contributed by atoms with Gasteiger partial charge in [0.25, 0.3) is 5.91 Å². The number of nitrogens with zero attached hydrogens (tertiary/aromatic N) is 1. The molecule has 2 aliphatic heterocycles. The van der Waals surface area contributed by atoms with Gasteiger partial charge in [-0.15, -0.1) is 12.4 Å². The summed E-state index contributed by atoms with van der Waals surface area (Å²) in [4.78, 5) is 14.3. The third-order valence-corrected chi connectivity index (χ3v) is 3.41. The molecule has 0 saturated carbocycles. The first-order valence-corrected chi connectivity index (χ1v) is 6.01. The van der Waals surface area contributed by atoms with E-state index in [2.05, 4.69) is 5.32 Å². The molecule has 3 rings (SSSR count). The van der Waals surface area contributed by atoms with Crippen LogP contribution in [-0.4, -0.2) is 43.1 Å². The minimum Gasteiger partial charge on any atom is -0.491 e. The van der Waals surface area contributed by atoms with E-state index in [-0.39, 0.29) is 24.4 Å². The van der Waals surface area contributed by atoms with E-state index >= 15 is 0 Å². The molecule has 1 aromatic rings. The number of halogens is 1. The number of amides is 1. The molecule has 1 aromatic carbocycles. The fourth-order valence-corrected chi connectivity index (χ4v) is 2.44. The molecule has 1 saturated heterocycles. The van der Waals surface area contributed by atoms with Gasteiger partial charge >= 0.3 is 0 Å². The molecule has 5 heteroatoms. The fraction of sp³-hybridized carbons (Fsp3) is 0.462. The summed E-state index contributed by atoms with van der Waals surface area (Å²) in [6, 6.07) is 5.93. The Morgan fingerprint density at radius 2 is 2.28 bits per heavy atom. The first-order valence-electron chi connectivity index (χ1n) is 6.01. The average molecular weight is 269 g/mol. The van der Waals surface area contributed by atoms with Crippen LogP contribution < -0.4 is 10.1 Å². The largest absolute Gasteiger partial charge is 0.491 e. The first-order chi connectivity index (χ1) is 8.25. The van der Waals surface area contributed by atoms with Crippen LogP contribution in [-0.2, 0) is 0 Å². The lowest BCUT2D eigenvalue weighted by Gasteiger charge is -2.33. The minimum absolute atomic E-state index is 0. The average Bonchev–Trinajstić information content (AvgIpc) is 2.48. The summed E-state index contributed by atoms with van der Waals surface area (Å²) >= 11 is 0. The van der Waals surface area contributed by atoms with Crippen molar-refractivity contribution in [3.05, 3.63) is 29.3 Å². The molecule has 4 nitrogen and oxygen atoms in total. The van der Waals surface area contributed by atoms with Crippen LogP contribution >= 0.6 is 12.4 Å². The maximum absolute atomic E-state index is 12.4. The molecule has 0 radical (unpaired) electrons. The lowest BCUT2D eigenvalue weighted by Crippen LogP contribution is -2.54. The fourth-order valence-electron chi connectivity index (χ4n) is 2.44. The number of hydrogen-bond acceptors (Lipinski definition) is 3. The van der Waals surface area contributed by atoms with E-state index in [1.165, 1.54) is 0 Å². The van der Waals surface area contributed by atoms with Gasteiger partial charge in [0.15, 0.2) is 0 Å². The van der Waals surface area contributed by atoms with Crippen molar-refractivity contribution in [3.63, 3.8) is 0 Å². The molecule has 18 heavy (non-hydrogen) atoms. The minimum atomic E-state index is 0. The van der Waals surface area contributed by atoms with Gasteiger partial charge in [0.1, 0.15) is 12.4 Å². The van der Waals surface area contributed by atoms with E-state index in [1.807, 2.05) is 30.0 Å². The van der Waals surface area contributed by atoms with Crippen LogP contribution in [0.15, 0.2) is 18.2 Å². The number of fused-ring (bicyclic) bond motifs is 2. The van der Waals surface area contributed by atoms with E-state index in [0.717, 1.165) is 30.9 Å². The highest BCUT2D eigenvalue weighted by atomic mass is 35.5. The zero-order chi connectivity index (χ0) is 11.8. The number of nitrogens with one attached hydrogen (secondary N) is 1. The number of hydrogen-bond donors (Lipinski definition) is 1. The lowest BCUT2D eigenvalue weighted by molar-refractivity contribution is 0.0606. The number of piperazine rings is 1. The summed E-state index contributed by atoms with van der Waals surface area (Å²) in [6.45, 7) is 5.03. The zero-order valence-electron chi connectivity index (χ0n) is 10.3. The normalized spacial score (nSPS) is 22.2. The molecule has 1 N–H and O–H groups in total. The van der Waals surface area contributed by atoms with E-state index < -0.39 is 0 Å². The predicted octanol–water partition coefficient (Wildman–Crippen LogP) is 1.22. The number of ether oxygens (including phenoxy) is 1. The van der Waals surface area contributed by atoms with E-state index in [1.54, 1.807) is 0 Å². The summed E-state index contributed by atoms with van der Waals surface area (Å²) in [5.41, 5.74) is 1.81. The number of benzene rings is 1. The van der Waals surface area contributed by atoms with Crippen LogP contribution in [0.3, 0.4) is 0 Å². The molecular weight excluding hydrogens is 252 g/mol. The predicted molar refractivity (Wildman–Crippen MR) is 71.6 cm³/mol. The second-order valence-electron chi connectivity index (χ2n) is 4.67. The van der Waals surface area contributed by atoms with Crippen molar-refractivity contribution in [1.82, 2.24) is 10.2 Å². The Labute approximate surface area is 113 Å². The van der Waals surface area contributed by atoms with Crippen LogP contribution in [0.5, 0.6) is 5.75 Å². The Bertz CT molecular complexity index is 464. The van der Waals surface area contributed by atoms with Crippen LogP contribution in [0, 0.1) is 6.92 Å². The molecule has 1 fully saturated rings. The molecule has 0 aliphatic carbocycles. The molecule has 0 bridgehead atoms. The van der Waals surface area contributed by atoms with Gasteiger partial charge in [-0.3, -0.25) is 4.79 Å². The van der Waals surface area contributed by atoms with Gasteiger partial charge in [-0.05, 0) is 24.6 Å². The van der Waals surface area contributed by atoms with E-state index in [0.29, 0.717) is 12.2 Å². The summed E-state index contributed by atoms with van der Waals surface area (Å²) in [5, 5.41) is 3.30. The Morgan fingerprint density at radius 3 is 3.11 bits per heavy atom. The molecule has 1 amide bonds. The maximum Gasteiger partial charge on any atom is 0.258 e. The second-order valence-corrected chi connectivity index (χ2v) is 4.67. The Morgan fingerprint density at radius 1 is 1.44 bits per heavy atom. The van der Waals surface area contributed by atoms with Crippen LogP contribution in [0.4, 0.5) is 0 Å². The highest BCUT2D eigenvalue weighted by Gasteiger charge is 2.32. The topological polar surface area (TPSA) is 41.6 Å². The van der Waals surface area contributed by atoms with Crippen molar-refractivity contribution in [1.29, 1.82) is 0 Å². The number of aryl methyl sites for hydroxylation is 1. The number of rotatable bonds is 0. The van der Waals surface area contributed by atoms with Crippen molar-refractivity contribution in [2.24, 2.45) is 0 Å². The van der Waals surface area contributed by atoms with Gasteiger partial charge in [-0.25, -0.2) is 0 Å².